The number of anilines is 1. The Bertz CT molecular complexity index is 448. The Hall–Kier alpha value is -2.44. The molecule has 3 amide bonds. The van der Waals surface area contributed by atoms with Crippen molar-refractivity contribution in [1.82, 2.24) is 10.6 Å². The molecule has 0 aromatic heterocycles. The molecule has 0 saturated carbocycles. The second-order valence-electron chi connectivity index (χ2n) is 3.47. The molecule has 1 aromatic rings. The number of hydrogen-bond acceptors (Lipinski definition) is 4. The third kappa shape index (κ3) is 3.55. The number of para-hydroxylation sites is 1. The van der Waals surface area contributed by atoms with Gasteiger partial charge in [0.25, 0.3) is 5.91 Å². The molecule has 0 fully saturated rings. The highest BCUT2D eigenvalue weighted by Crippen LogP contribution is 2.25. The van der Waals surface area contributed by atoms with Gasteiger partial charge in [0, 0.05) is 13.1 Å². The largest absolute Gasteiger partial charge is 0.494 e. The molecular formula is C11H16N4O3. The number of urea groups is 1. The zero-order valence-corrected chi connectivity index (χ0v) is 10.0. The zero-order chi connectivity index (χ0) is 13.5. The quantitative estimate of drug-likeness (QED) is 0.424. The summed E-state index contributed by atoms with van der Waals surface area (Å²) in [6.45, 7) is 0.519. The lowest BCUT2D eigenvalue weighted by Crippen LogP contribution is -2.37. The van der Waals surface area contributed by atoms with Crippen LogP contribution in [0.5, 0.6) is 5.75 Å². The second-order valence-corrected chi connectivity index (χ2v) is 3.47. The zero-order valence-electron chi connectivity index (χ0n) is 10.0. The van der Waals surface area contributed by atoms with Crippen molar-refractivity contribution in [3.63, 3.8) is 0 Å². The van der Waals surface area contributed by atoms with Crippen LogP contribution >= 0.6 is 0 Å². The molecule has 0 atom stereocenters. The van der Waals surface area contributed by atoms with E-state index in [4.69, 9.17) is 16.2 Å². The molecule has 0 heterocycles. The van der Waals surface area contributed by atoms with Gasteiger partial charge in [0.2, 0.25) is 0 Å². The summed E-state index contributed by atoms with van der Waals surface area (Å²) in [7, 11) is 1.44. The number of carbonyl (C=O) groups excluding carboxylic acids is 2. The van der Waals surface area contributed by atoms with E-state index in [2.05, 4.69) is 10.6 Å². The Morgan fingerprint density at radius 1 is 1.28 bits per heavy atom. The number of rotatable bonds is 5. The van der Waals surface area contributed by atoms with E-state index in [1.165, 1.54) is 7.11 Å². The Morgan fingerprint density at radius 3 is 2.56 bits per heavy atom. The topological polar surface area (TPSA) is 119 Å². The van der Waals surface area contributed by atoms with Crippen molar-refractivity contribution in [2.75, 3.05) is 25.9 Å². The van der Waals surface area contributed by atoms with Crippen LogP contribution in [0.1, 0.15) is 10.4 Å². The summed E-state index contributed by atoms with van der Waals surface area (Å²) in [6.07, 6.45) is 0. The van der Waals surface area contributed by atoms with Gasteiger partial charge < -0.3 is 26.8 Å². The summed E-state index contributed by atoms with van der Waals surface area (Å²) < 4.78 is 5.07. The van der Waals surface area contributed by atoms with Gasteiger partial charge in [-0.3, -0.25) is 4.79 Å². The summed E-state index contributed by atoms with van der Waals surface area (Å²) in [4.78, 5) is 22.3. The third-order valence-electron chi connectivity index (χ3n) is 2.20. The molecule has 1 aromatic carbocycles. The smallest absolute Gasteiger partial charge is 0.312 e. The van der Waals surface area contributed by atoms with Crippen LogP contribution in [0.25, 0.3) is 0 Å². The van der Waals surface area contributed by atoms with Crippen molar-refractivity contribution < 1.29 is 14.3 Å². The molecule has 7 heteroatoms. The number of methoxy groups -OCH3 is 1. The van der Waals surface area contributed by atoms with Gasteiger partial charge >= 0.3 is 6.03 Å². The molecule has 0 bridgehead atoms. The van der Waals surface area contributed by atoms with E-state index in [-0.39, 0.29) is 19.0 Å². The summed E-state index contributed by atoms with van der Waals surface area (Å²) in [5, 5.41) is 4.97. The maximum absolute atomic E-state index is 11.8. The molecule has 0 aliphatic heterocycles. The number of ether oxygens (including phenoxy) is 1. The molecule has 0 radical (unpaired) electrons. The fraction of sp³-hybridized carbons (Fsp3) is 0.273. The monoisotopic (exact) mass is 252 g/mol. The first-order valence-corrected chi connectivity index (χ1v) is 5.30. The summed E-state index contributed by atoms with van der Waals surface area (Å²) >= 11 is 0. The Balaban J connectivity index is 2.61. The van der Waals surface area contributed by atoms with E-state index in [1.807, 2.05) is 0 Å². The predicted octanol–water partition coefficient (Wildman–Crippen LogP) is -0.324. The van der Waals surface area contributed by atoms with E-state index in [0.717, 1.165) is 0 Å². The van der Waals surface area contributed by atoms with E-state index in [0.29, 0.717) is 17.0 Å². The first-order chi connectivity index (χ1) is 8.56. The molecule has 98 valence electrons. The Labute approximate surface area is 104 Å². The molecule has 0 aliphatic rings. The van der Waals surface area contributed by atoms with Gasteiger partial charge in [-0.25, -0.2) is 4.79 Å². The molecule has 0 spiro atoms. The maximum atomic E-state index is 11.8. The lowest BCUT2D eigenvalue weighted by Gasteiger charge is -2.11. The van der Waals surface area contributed by atoms with Crippen molar-refractivity contribution in [3.8, 4) is 5.75 Å². The number of nitrogen functional groups attached to an aromatic ring is 1. The van der Waals surface area contributed by atoms with Gasteiger partial charge in [-0.05, 0) is 12.1 Å². The van der Waals surface area contributed by atoms with Crippen LogP contribution in [0.4, 0.5) is 10.5 Å². The maximum Gasteiger partial charge on any atom is 0.312 e. The highest BCUT2D eigenvalue weighted by Gasteiger charge is 2.13. The average Bonchev–Trinajstić information content (AvgIpc) is 2.33. The first-order valence-electron chi connectivity index (χ1n) is 5.30. The van der Waals surface area contributed by atoms with Gasteiger partial charge in [-0.15, -0.1) is 0 Å². The number of primary amides is 1. The van der Waals surface area contributed by atoms with E-state index >= 15 is 0 Å². The van der Waals surface area contributed by atoms with E-state index < -0.39 is 6.03 Å². The minimum atomic E-state index is -0.634. The molecule has 1 rings (SSSR count). The fourth-order valence-corrected chi connectivity index (χ4v) is 1.42. The molecule has 0 unspecified atom stereocenters. The van der Waals surface area contributed by atoms with Crippen molar-refractivity contribution >= 4 is 17.6 Å². The lowest BCUT2D eigenvalue weighted by atomic mass is 10.1. The van der Waals surface area contributed by atoms with Crippen molar-refractivity contribution in [2.24, 2.45) is 5.73 Å². The summed E-state index contributed by atoms with van der Waals surface area (Å²) in [6, 6.07) is 4.27. The average molecular weight is 252 g/mol. The lowest BCUT2D eigenvalue weighted by molar-refractivity contribution is 0.0951. The fourth-order valence-electron chi connectivity index (χ4n) is 1.42. The summed E-state index contributed by atoms with van der Waals surface area (Å²) in [5.74, 6) is 0.00304. The van der Waals surface area contributed by atoms with Crippen LogP contribution in [0.3, 0.4) is 0 Å². The van der Waals surface area contributed by atoms with E-state index in [1.54, 1.807) is 18.2 Å². The van der Waals surface area contributed by atoms with Crippen LogP contribution in [-0.2, 0) is 0 Å². The van der Waals surface area contributed by atoms with Crippen LogP contribution in [-0.4, -0.2) is 32.1 Å². The molecule has 0 saturated heterocycles. The molecule has 18 heavy (non-hydrogen) atoms. The third-order valence-corrected chi connectivity index (χ3v) is 2.20. The summed E-state index contributed by atoms with van der Waals surface area (Å²) in [5.41, 5.74) is 11.3. The second kappa shape index (κ2) is 6.33. The number of carbonyl (C=O) groups is 2. The first kappa shape index (κ1) is 13.6. The Kier molecular flexibility index (Phi) is 4.79. The highest BCUT2D eigenvalue weighted by molar-refractivity contribution is 5.98. The molecule has 0 aliphatic carbocycles. The number of benzene rings is 1. The van der Waals surface area contributed by atoms with Crippen molar-refractivity contribution in [3.05, 3.63) is 23.8 Å². The van der Waals surface area contributed by atoms with Gasteiger partial charge in [-0.2, -0.15) is 0 Å². The molecule has 6 N–H and O–H groups in total. The van der Waals surface area contributed by atoms with E-state index in [9.17, 15) is 9.59 Å². The van der Waals surface area contributed by atoms with Gasteiger partial charge in [0.05, 0.1) is 18.4 Å². The Morgan fingerprint density at radius 2 is 1.94 bits per heavy atom. The van der Waals surface area contributed by atoms with Crippen LogP contribution in [0, 0.1) is 0 Å². The van der Waals surface area contributed by atoms with Crippen LogP contribution in [0.2, 0.25) is 0 Å². The number of hydrogen-bond donors (Lipinski definition) is 4. The number of amides is 3. The number of nitrogens with one attached hydrogen (secondary N) is 2. The van der Waals surface area contributed by atoms with Gasteiger partial charge in [0.1, 0.15) is 0 Å². The molecular weight excluding hydrogens is 236 g/mol. The highest BCUT2D eigenvalue weighted by atomic mass is 16.5. The van der Waals surface area contributed by atoms with Gasteiger partial charge in [-0.1, -0.05) is 6.07 Å². The van der Waals surface area contributed by atoms with Gasteiger partial charge in [0.15, 0.2) is 5.75 Å². The normalized spacial score (nSPS) is 9.61. The predicted molar refractivity (Wildman–Crippen MR) is 67.3 cm³/mol. The molecule has 7 nitrogen and oxygen atoms in total. The number of nitrogens with two attached hydrogens (primary N) is 2. The SMILES string of the molecule is COc1c(N)cccc1C(=O)NCCNC(N)=O. The van der Waals surface area contributed by atoms with Crippen molar-refractivity contribution in [2.45, 2.75) is 0 Å². The minimum Gasteiger partial charge on any atom is -0.494 e. The van der Waals surface area contributed by atoms with Crippen LogP contribution in [0.15, 0.2) is 18.2 Å². The minimum absolute atomic E-state index is 0.256. The van der Waals surface area contributed by atoms with Crippen molar-refractivity contribution in [1.29, 1.82) is 0 Å². The van der Waals surface area contributed by atoms with Crippen LogP contribution < -0.4 is 26.8 Å². The standard InChI is InChI=1S/C11H16N4O3/c1-18-9-7(3-2-4-8(9)12)10(16)14-5-6-15-11(13)17/h2-4H,5-6,12H2,1H3,(H,14,16)(H3,13,15,17).